The van der Waals surface area contributed by atoms with Crippen molar-refractivity contribution >= 4 is 29.1 Å². The van der Waals surface area contributed by atoms with Gasteiger partial charge in [0.1, 0.15) is 0 Å². The van der Waals surface area contributed by atoms with Crippen LogP contribution in [0.1, 0.15) is 37.3 Å². The molecule has 5 N–H and O–H groups in total. The smallest absolute Gasteiger partial charge is 0.261 e. The summed E-state index contributed by atoms with van der Waals surface area (Å²) in [4.78, 5) is 39.7. The number of hydrogen-bond acceptors (Lipinski definition) is 6. The minimum absolute atomic E-state index is 0.0617. The van der Waals surface area contributed by atoms with Crippen LogP contribution in [0.5, 0.6) is 0 Å². The molecule has 1 saturated heterocycles. The monoisotopic (exact) mass is 506 g/mol. The number of amides is 3. The summed E-state index contributed by atoms with van der Waals surface area (Å²) in [6.07, 6.45) is 5.06. The highest BCUT2D eigenvalue weighted by molar-refractivity contribution is 6.06. The SMILES string of the molecule is C[C@@H](/C=C/CC(=O)N(CCO)Cc1ccccc1)[C@]1(O)C(=O)Nc2ccc(NC(=O)[C@H]3CCCN3)cc21. The number of benzene rings is 2. The highest BCUT2D eigenvalue weighted by Gasteiger charge is 2.48. The first-order valence-corrected chi connectivity index (χ1v) is 12.6. The molecule has 0 spiro atoms. The normalized spacial score (nSPS) is 21.5. The van der Waals surface area contributed by atoms with E-state index in [2.05, 4.69) is 16.0 Å². The predicted molar refractivity (Wildman–Crippen MR) is 140 cm³/mol. The first kappa shape index (κ1) is 26.5. The van der Waals surface area contributed by atoms with Gasteiger partial charge in [0, 0.05) is 42.4 Å². The molecule has 2 aromatic rings. The van der Waals surface area contributed by atoms with Crippen LogP contribution in [0, 0.1) is 5.92 Å². The topological polar surface area (TPSA) is 131 Å². The maximum atomic E-state index is 12.8. The lowest BCUT2D eigenvalue weighted by molar-refractivity contribution is -0.137. The highest BCUT2D eigenvalue weighted by atomic mass is 16.3. The zero-order valence-electron chi connectivity index (χ0n) is 20.9. The molecule has 3 atom stereocenters. The summed E-state index contributed by atoms with van der Waals surface area (Å²) in [5, 5.41) is 29.6. The lowest BCUT2D eigenvalue weighted by Gasteiger charge is -2.26. The number of aliphatic hydroxyl groups is 2. The van der Waals surface area contributed by atoms with Gasteiger partial charge in [0.05, 0.1) is 12.6 Å². The first-order valence-electron chi connectivity index (χ1n) is 12.6. The third kappa shape index (κ3) is 5.90. The van der Waals surface area contributed by atoms with Crippen molar-refractivity contribution < 1.29 is 24.6 Å². The molecule has 0 radical (unpaired) electrons. The van der Waals surface area contributed by atoms with Gasteiger partial charge in [-0.15, -0.1) is 0 Å². The minimum atomic E-state index is -1.85. The average molecular weight is 507 g/mol. The fraction of sp³-hybridized carbons (Fsp3) is 0.393. The van der Waals surface area contributed by atoms with E-state index in [1.54, 1.807) is 42.2 Å². The molecule has 1 fully saturated rings. The van der Waals surface area contributed by atoms with E-state index >= 15 is 0 Å². The molecule has 2 aliphatic rings. The lowest BCUT2D eigenvalue weighted by atomic mass is 9.82. The summed E-state index contributed by atoms with van der Waals surface area (Å²) >= 11 is 0. The molecule has 3 amide bonds. The Labute approximate surface area is 216 Å². The van der Waals surface area contributed by atoms with E-state index in [0.29, 0.717) is 23.5 Å². The van der Waals surface area contributed by atoms with Gasteiger partial charge in [0.25, 0.3) is 5.91 Å². The summed E-state index contributed by atoms with van der Waals surface area (Å²) < 4.78 is 0. The molecule has 9 nitrogen and oxygen atoms in total. The van der Waals surface area contributed by atoms with Gasteiger partial charge in [-0.05, 0) is 43.1 Å². The van der Waals surface area contributed by atoms with Gasteiger partial charge in [-0.3, -0.25) is 14.4 Å². The van der Waals surface area contributed by atoms with Gasteiger partial charge >= 0.3 is 0 Å². The molecule has 37 heavy (non-hydrogen) atoms. The molecule has 196 valence electrons. The van der Waals surface area contributed by atoms with E-state index < -0.39 is 17.4 Å². The minimum Gasteiger partial charge on any atom is -0.395 e. The second kappa shape index (κ2) is 11.7. The number of nitrogens with zero attached hydrogens (tertiary/aromatic N) is 1. The van der Waals surface area contributed by atoms with Crippen LogP contribution in [-0.4, -0.2) is 58.6 Å². The Morgan fingerprint density at radius 3 is 2.73 bits per heavy atom. The number of anilines is 2. The van der Waals surface area contributed by atoms with Crippen molar-refractivity contribution in [1.29, 1.82) is 0 Å². The van der Waals surface area contributed by atoms with Crippen LogP contribution >= 0.6 is 0 Å². The molecule has 0 saturated carbocycles. The number of fused-ring (bicyclic) bond motifs is 1. The van der Waals surface area contributed by atoms with Gasteiger partial charge in [0.15, 0.2) is 5.60 Å². The van der Waals surface area contributed by atoms with Crippen molar-refractivity contribution in [3.8, 4) is 0 Å². The second-order valence-corrected chi connectivity index (χ2v) is 9.56. The Balaban J connectivity index is 1.44. The van der Waals surface area contributed by atoms with Crippen LogP contribution in [0.2, 0.25) is 0 Å². The molecule has 0 aromatic heterocycles. The van der Waals surface area contributed by atoms with Crippen LogP contribution in [0.15, 0.2) is 60.7 Å². The van der Waals surface area contributed by atoms with Gasteiger partial charge in [0.2, 0.25) is 11.8 Å². The Morgan fingerprint density at radius 1 is 1.24 bits per heavy atom. The number of rotatable bonds is 10. The van der Waals surface area contributed by atoms with Crippen LogP contribution in [-0.2, 0) is 26.5 Å². The number of carbonyl (C=O) groups is 3. The molecule has 2 heterocycles. The van der Waals surface area contributed by atoms with Crippen LogP contribution in [0.4, 0.5) is 11.4 Å². The zero-order chi connectivity index (χ0) is 26.4. The Bertz CT molecular complexity index is 1160. The molecule has 2 aromatic carbocycles. The highest BCUT2D eigenvalue weighted by Crippen LogP contribution is 2.43. The van der Waals surface area contributed by atoms with Gasteiger partial charge < -0.3 is 31.1 Å². The standard InChI is InChI=1S/C28H34N4O5/c1-19(7-5-11-25(34)32(15-16-33)18-20-8-3-2-4-9-20)28(37)22-17-21(12-13-23(22)31-27(28)36)30-26(35)24-10-6-14-29-24/h2-5,7-9,12-13,17,19,24,29,33,37H,6,10-11,14-16,18H2,1H3,(H,30,35)(H,31,36)/b7-5+/t19-,24+,28+/m0/s1. The Hall–Kier alpha value is -3.53. The molecular formula is C28H34N4O5. The largest absolute Gasteiger partial charge is 0.395 e. The summed E-state index contributed by atoms with van der Waals surface area (Å²) in [6, 6.07) is 14.3. The Kier molecular flexibility index (Phi) is 8.38. The molecule has 2 aliphatic heterocycles. The average Bonchev–Trinajstić information content (AvgIpc) is 3.52. The molecule has 0 unspecified atom stereocenters. The van der Waals surface area contributed by atoms with Crippen molar-refractivity contribution in [1.82, 2.24) is 10.2 Å². The first-order chi connectivity index (χ1) is 17.8. The summed E-state index contributed by atoms with van der Waals surface area (Å²) in [5.74, 6) is -1.52. The van der Waals surface area contributed by atoms with E-state index in [1.807, 2.05) is 30.3 Å². The number of hydrogen-bond donors (Lipinski definition) is 5. The summed E-state index contributed by atoms with van der Waals surface area (Å²) in [6.45, 7) is 2.96. The second-order valence-electron chi connectivity index (χ2n) is 9.56. The summed E-state index contributed by atoms with van der Waals surface area (Å²) in [7, 11) is 0. The number of aliphatic hydroxyl groups excluding tert-OH is 1. The maximum absolute atomic E-state index is 12.8. The maximum Gasteiger partial charge on any atom is 0.261 e. The third-order valence-corrected chi connectivity index (χ3v) is 6.98. The van der Waals surface area contributed by atoms with Crippen molar-refractivity contribution in [2.75, 3.05) is 30.3 Å². The molecule has 4 rings (SSSR count). The van der Waals surface area contributed by atoms with Gasteiger partial charge in [-0.2, -0.15) is 0 Å². The van der Waals surface area contributed by atoms with Gasteiger partial charge in [-0.25, -0.2) is 0 Å². The van der Waals surface area contributed by atoms with Crippen LogP contribution in [0.25, 0.3) is 0 Å². The van der Waals surface area contributed by atoms with Crippen molar-refractivity contribution in [3.05, 3.63) is 71.8 Å². The Morgan fingerprint density at radius 2 is 2.03 bits per heavy atom. The van der Waals surface area contributed by atoms with E-state index in [-0.39, 0.29) is 37.4 Å². The van der Waals surface area contributed by atoms with Crippen molar-refractivity contribution in [2.45, 2.75) is 44.4 Å². The van der Waals surface area contributed by atoms with Crippen molar-refractivity contribution in [3.63, 3.8) is 0 Å². The van der Waals surface area contributed by atoms with Crippen LogP contribution < -0.4 is 16.0 Å². The van der Waals surface area contributed by atoms with E-state index in [1.165, 1.54) is 0 Å². The zero-order valence-corrected chi connectivity index (χ0v) is 20.9. The van der Waals surface area contributed by atoms with E-state index in [9.17, 15) is 24.6 Å². The quantitative estimate of drug-likeness (QED) is 0.314. The van der Waals surface area contributed by atoms with Crippen molar-refractivity contribution in [2.24, 2.45) is 5.92 Å². The molecule has 9 heteroatoms. The fourth-order valence-corrected chi connectivity index (χ4v) is 4.83. The van der Waals surface area contributed by atoms with E-state index in [4.69, 9.17) is 0 Å². The van der Waals surface area contributed by atoms with Crippen LogP contribution in [0.3, 0.4) is 0 Å². The summed E-state index contributed by atoms with van der Waals surface area (Å²) in [5.41, 5.74) is 0.471. The van der Waals surface area contributed by atoms with Gasteiger partial charge in [-0.1, -0.05) is 49.4 Å². The lowest BCUT2D eigenvalue weighted by Crippen LogP contribution is -2.40. The number of nitrogens with one attached hydrogen (secondary N) is 3. The molecule has 0 bridgehead atoms. The van der Waals surface area contributed by atoms with E-state index in [0.717, 1.165) is 24.9 Å². The molecular weight excluding hydrogens is 472 g/mol. The fourth-order valence-electron chi connectivity index (χ4n) is 4.83. The third-order valence-electron chi connectivity index (χ3n) is 6.98. The number of carbonyl (C=O) groups excluding carboxylic acids is 3. The predicted octanol–water partition coefficient (Wildman–Crippen LogP) is 2.12. The molecule has 0 aliphatic carbocycles.